The molecule has 0 aliphatic carbocycles. The Kier molecular flexibility index (Phi) is 6.42. The number of carbonyl (C=O) groups excluding carboxylic acids is 1. The molecule has 2 N–H and O–H groups in total. The van der Waals surface area contributed by atoms with E-state index >= 15 is 0 Å². The number of nitrogens with one attached hydrogen (secondary N) is 2. The molecular formula is C18H29N3O2. The Hall–Kier alpha value is -1.59. The quantitative estimate of drug-likeness (QED) is 0.840. The van der Waals surface area contributed by atoms with Gasteiger partial charge in [-0.3, -0.25) is 9.69 Å². The first-order chi connectivity index (χ1) is 10.9. The van der Waals surface area contributed by atoms with Crippen LogP contribution in [0.2, 0.25) is 0 Å². The minimum atomic E-state index is 0.0261. The molecule has 1 aliphatic rings. The van der Waals surface area contributed by atoms with E-state index in [9.17, 15) is 4.79 Å². The molecule has 1 aromatic carbocycles. The lowest BCUT2D eigenvalue weighted by Crippen LogP contribution is -2.42. The smallest absolute Gasteiger partial charge is 0.239 e. The molecule has 0 unspecified atom stereocenters. The van der Waals surface area contributed by atoms with Crippen LogP contribution in [0.4, 0.5) is 5.69 Å². The third-order valence-electron chi connectivity index (χ3n) is 4.06. The molecule has 23 heavy (non-hydrogen) atoms. The minimum absolute atomic E-state index is 0.0261. The second-order valence-corrected chi connectivity index (χ2v) is 6.98. The van der Waals surface area contributed by atoms with E-state index < -0.39 is 0 Å². The van der Waals surface area contributed by atoms with E-state index in [1.54, 1.807) is 0 Å². The minimum Gasteiger partial charge on any atom is -0.379 e. The van der Waals surface area contributed by atoms with Gasteiger partial charge < -0.3 is 15.4 Å². The number of carbonyl (C=O) groups is 1. The van der Waals surface area contributed by atoms with Crippen molar-refractivity contribution in [3.8, 4) is 0 Å². The summed E-state index contributed by atoms with van der Waals surface area (Å²) in [5.41, 5.74) is 2.41. The summed E-state index contributed by atoms with van der Waals surface area (Å²) in [4.78, 5) is 14.2. The van der Waals surface area contributed by atoms with Crippen LogP contribution in [0, 0.1) is 0 Å². The number of rotatable bonds is 6. The Morgan fingerprint density at radius 2 is 1.83 bits per heavy atom. The molecule has 0 aromatic heterocycles. The van der Waals surface area contributed by atoms with E-state index in [1.807, 2.05) is 12.1 Å². The summed E-state index contributed by atoms with van der Waals surface area (Å²) in [5, 5.41) is 6.12. The fourth-order valence-electron chi connectivity index (χ4n) is 2.51. The molecule has 5 nitrogen and oxygen atoms in total. The van der Waals surface area contributed by atoms with Crippen molar-refractivity contribution in [1.29, 1.82) is 0 Å². The molecule has 1 aliphatic heterocycles. The fraction of sp³-hybridized carbons (Fsp3) is 0.611. The zero-order valence-corrected chi connectivity index (χ0v) is 14.5. The van der Waals surface area contributed by atoms with E-state index in [-0.39, 0.29) is 11.3 Å². The van der Waals surface area contributed by atoms with Gasteiger partial charge in [-0.25, -0.2) is 0 Å². The van der Waals surface area contributed by atoms with Gasteiger partial charge in [0.15, 0.2) is 0 Å². The van der Waals surface area contributed by atoms with Crippen LogP contribution >= 0.6 is 0 Å². The number of anilines is 1. The SMILES string of the molecule is CC(C)(C)c1ccc(NCC(=O)NCCN2CCOCC2)cc1. The number of amides is 1. The van der Waals surface area contributed by atoms with E-state index in [2.05, 4.69) is 48.4 Å². The van der Waals surface area contributed by atoms with Gasteiger partial charge in [0.05, 0.1) is 19.8 Å². The molecule has 0 atom stereocenters. The van der Waals surface area contributed by atoms with Crippen molar-refractivity contribution in [2.75, 3.05) is 51.3 Å². The lowest BCUT2D eigenvalue weighted by atomic mass is 9.87. The zero-order chi connectivity index (χ0) is 16.7. The first-order valence-electron chi connectivity index (χ1n) is 8.36. The summed E-state index contributed by atoms with van der Waals surface area (Å²) in [6, 6.07) is 8.28. The summed E-state index contributed by atoms with van der Waals surface area (Å²) in [6.07, 6.45) is 0. The molecule has 0 bridgehead atoms. The number of morpholine rings is 1. The molecule has 128 valence electrons. The topological polar surface area (TPSA) is 53.6 Å². The van der Waals surface area contributed by atoms with Crippen LogP contribution in [-0.2, 0) is 14.9 Å². The van der Waals surface area contributed by atoms with E-state index in [1.165, 1.54) is 5.56 Å². The molecule has 1 saturated heterocycles. The molecule has 1 heterocycles. The highest BCUT2D eigenvalue weighted by Crippen LogP contribution is 2.23. The normalized spacial score (nSPS) is 16.1. The molecule has 0 spiro atoms. The van der Waals surface area contributed by atoms with Gasteiger partial charge >= 0.3 is 0 Å². The van der Waals surface area contributed by atoms with Crippen molar-refractivity contribution < 1.29 is 9.53 Å². The Balaban J connectivity index is 1.65. The third kappa shape index (κ3) is 6.20. The van der Waals surface area contributed by atoms with Gasteiger partial charge in [0.2, 0.25) is 5.91 Å². The van der Waals surface area contributed by atoms with Crippen molar-refractivity contribution in [2.24, 2.45) is 0 Å². The number of hydrogen-bond acceptors (Lipinski definition) is 4. The number of benzene rings is 1. The van der Waals surface area contributed by atoms with Gasteiger partial charge in [0.25, 0.3) is 0 Å². The summed E-state index contributed by atoms with van der Waals surface area (Å²) in [7, 11) is 0. The van der Waals surface area contributed by atoms with Crippen LogP contribution in [0.1, 0.15) is 26.3 Å². The van der Waals surface area contributed by atoms with Crippen LogP contribution in [0.15, 0.2) is 24.3 Å². The standard InChI is InChI=1S/C18H29N3O2/c1-18(2,3)15-4-6-16(7-5-15)20-14-17(22)19-8-9-21-10-12-23-13-11-21/h4-7,20H,8-14H2,1-3H3,(H,19,22). The van der Waals surface area contributed by atoms with E-state index in [0.717, 1.165) is 38.5 Å². The molecule has 2 rings (SSSR count). The van der Waals surface area contributed by atoms with Crippen LogP contribution in [0.25, 0.3) is 0 Å². The van der Waals surface area contributed by atoms with Crippen molar-refractivity contribution in [1.82, 2.24) is 10.2 Å². The van der Waals surface area contributed by atoms with E-state index in [4.69, 9.17) is 4.74 Å². The summed E-state index contributed by atoms with van der Waals surface area (Å²) in [6.45, 7) is 11.9. The third-order valence-corrected chi connectivity index (χ3v) is 4.06. The van der Waals surface area contributed by atoms with Crippen molar-refractivity contribution in [2.45, 2.75) is 26.2 Å². The molecular weight excluding hydrogens is 290 g/mol. The van der Waals surface area contributed by atoms with Crippen LogP contribution in [-0.4, -0.2) is 56.7 Å². The fourth-order valence-corrected chi connectivity index (χ4v) is 2.51. The molecule has 0 radical (unpaired) electrons. The first-order valence-corrected chi connectivity index (χ1v) is 8.36. The Morgan fingerprint density at radius 1 is 1.17 bits per heavy atom. The predicted molar refractivity (Wildman–Crippen MR) is 93.9 cm³/mol. The number of ether oxygens (including phenoxy) is 1. The second kappa shape index (κ2) is 8.31. The Labute approximate surface area is 139 Å². The average molecular weight is 319 g/mol. The number of nitrogens with zero attached hydrogens (tertiary/aromatic N) is 1. The summed E-state index contributed by atoms with van der Waals surface area (Å²) in [5.74, 6) is 0.0261. The first kappa shape index (κ1) is 17.8. The molecule has 1 fully saturated rings. The van der Waals surface area contributed by atoms with E-state index in [0.29, 0.717) is 13.1 Å². The largest absolute Gasteiger partial charge is 0.379 e. The van der Waals surface area contributed by atoms with Gasteiger partial charge in [0.1, 0.15) is 0 Å². The highest BCUT2D eigenvalue weighted by Gasteiger charge is 2.13. The maximum Gasteiger partial charge on any atom is 0.239 e. The monoisotopic (exact) mass is 319 g/mol. The maximum absolute atomic E-state index is 11.9. The van der Waals surface area contributed by atoms with Crippen LogP contribution < -0.4 is 10.6 Å². The zero-order valence-electron chi connectivity index (χ0n) is 14.5. The van der Waals surface area contributed by atoms with Gasteiger partial charge in [0, 0.05) is 31.9 Å². The Bertz CT molecular complexity index is 488. The summed E-state index contributed by atoms with van der Waals surface area (Å²) >= 11 is 0. The van der Waals surface area contributed by atoms with Gasteiger partial charge in [-0.15, -0.1) is 0 Å². The lowest BCUT2D eigenvalue weighted by Gasteiger charge is -2.26. The second-order valence-electron chi connectivity index (χ2n) is 6.98. The average Bonchev–Trinajstić information content (AvgIpc) is 2.53. The maximum atomic E-state index is 11.9. The highest BCUT2D eigenvalue weighted by atomic mass is 16.5. The molecule has 1 aromatic rings. The molecule has 0 saturated carbocycles. The van der Waals surface area contributed by atoms with Crippen molar-refractivity contribution in [3.05, 3.63) is 29.8 Å². The summed E-state index contributed by atoms with van der Waals surface area (Å²) < 4.78 is 5.30. The number of hydrogen-bond donors (Lipinski definition) is 2. The van der Waals surface area contributed by atoms with Crippen molar-refractivity contribution >= 4 is 11.6 Å². The van der Waals surface area contributed by atoms with Gasteiger partial charge in [-0.2, -0.15) is 0 Å². The van der Waals surface area contributed by atoms with Crippen molar-refractivity contribution in [3.63, 3.8) is 0 Å². The molecule has 1 amide bonds. The van der Waals surface area contributed by atoms with Gasteiger partial charge in [-0.1, -0.05) is 32.9 Å². The lowest BCUT2D eigenvalue weighted by molar-refractivity contribution is -0.119. The Morgan fingerprint density at radius 3 is 2.43 bits per heavy atom. The highest BCUT2D eigenvalue weighted by molar-refractivity contribution is 5.80. The molecule has 5 heteroatoms. The van der Waals surface area contributed by atoms with Crippen LogP contribution in [0.5, 0.6) is 0 Å². The van der Waals surface area contributed by atoms with Gasteiger partial charge in [-0.05, 0) is 23.1 Å². The van der Waals surface area contributed by atoms with Crippen LogP contribution in [0.3, 0.4) is 0 Å². The predicted octanol–water partition coefficient (Wildman–Crippen LogP) is 1.84.